The van der Waals surface area contributed by atoms with E-state index in [9.17, 15) is 4.79 Å². The number of piperidine rings is 1. The monoisotopic (exact) mass is 277 g/mol. The summed E-state index contributed by atoms with van der Waals surface area (Å²) in [6.07, 6.45) is 6.51. The molecule has 0 aliphatic carbocycles. The van der Waals surface area contributed by atoms with Crippen LogP contribution in [0.5, 0.6) is 0 Å². The molecule has 1 atom stereocenters. The normalized spacial score (nSPS) is 19.9. The van der Waals surface area contributed by atoms with E-state index in [1.807, 2.05) is 12.3 Å². The van der Waals surface area contributed by atoms with E-state index in [2.05, 4.69) is 10.3 Å². The van der Waals surface area contributed by atoms with Crippen molar-refractivity contribution in [1.82, 2.24) is 14.9 Å². The van der Waals surface area contributed by atoms with Crippen LogP contribution in [-0.2, 0) is 6.54 Å². The van der Waals surface area contributed by atoms with Crippen LogP contribution in [0.1, 0.15) is 31.2 Å². The zero-order chi connectivity index (χ0) is 13.2. The lowest BCUT2D eigenvalue weighted by atomic mass is 10.0. The first-order valence-electron chi connectivity index (χ1n) is 6.92. The number of rotatable bonds is 3. The van der Waals surface area contributed by atoms with Crippen LogP contribution >= 0.6 is 11.3 Å². The third kappa shape index (κ3) is 2.58. The Kier molecular flexibility index (Phi) is 3.66. The number of fused-ring (bicyclic) bond motifs is 1. The zero-order valence-corrected chi connectivity index (χ0v) is 12.0. The molecule has 1 aliphatic heterocycles. The number of aryl methyl sites for hydroxylation is 2. The first-order valence-corrected chi connectivity index (χ1v) is 7.80. The van der Waals surface area contributed by atoms with Gasteiger partial charge in [0.2, 0.25) is 0 Å². The molecule has 19 heavy (non-hydrogen) atoms. The van der Waals surface area contributed by atoms with Gasteiger partial charge in [0, 0.05) is 12.6 Å². The predicted molar refractivity (Wildman–Crippen MR) is 78.9 cm³/mol. The Bertz CT molecular complexity index is 625. The minimum atomic E-state index is 0.110. The van der Waals surface area contributed by atoms with Crippen molar-refractivity contribution in [3.63, 3.8) is 0 Å². The zero-order valence-electron chi connectivity index (χ0n) is 11.2. The smallest absolute Gasteiger partial charge is 0.271 e. The van der Waals surface area contributed by atoms with Crippen molar-refractivity contribution in [2.75, 3.05) is 6.54 Å². The van der Waals surface area contributed by atoms with E-state index >= 15 is 0 Å². The van der Waals surface area contributed by atoms with Gasteiger partial charge in [-0.05, 0) is 43.7 Å². The molecule has 3 heterocycles. The van der Waals surface area contributed by atoms with Crippen LogP contribution in [0, 0.1) is 6.92 Å². The number of hydrogen-bond donors (Lipinski definition) is 1. The molecule has 1 unspecified atom stereocenters. The van der Waals surface area contributed by atoms with Crippen molar-refractivity contribution in [2.24, 2.45) is 0 Å². The van der Waals surface area contributed by atoms with Crippen molar-refractivity contribution in [3.8, 4) is 0 Å². The molecule has 0 spiro atoms. The first-order chi connectivity index (χ1) is 9.25. The second-order valence-corrected chi connectivity index (χ2v) is 6.15. The maximum Gasteiger partial charge on any atom is 0.271 e. The molecular formula is C14H19N3OS. The maximum atomic E-state index is 12.3. The molecule has 0 radical (unpaired) electrons. The standard InChI is InChI=1S/C14H19N3OS/c1-10-8-19-13-12(10)16-9-17(14(13)18)7-5-11-4-2-3-6-15-11/h8-9,11,15H,2-7H2,1H3. The van der Waals surface area contributed by atoms with Crippen molar-refractivity contribution in [3.05, 3.63) is 27.6 Å². The fraction of sp³-hybridized carbons (Fsp3) is 0.571. The molecule has 1 saturated heterocycles. The Balaban J connectivity index is 1.77. The average Bonchev–Trinajstić information content (AvgIpc) is 2.82. The molecule has 0 aromatic carbocycles. The van der Waals surface area contributed by atoms with Gasteiger partial charge in [-0.15, -0.1) is 11.3 Å². The minimum Gasteiger partial charge on any atom is -0.314 e. The van der Waals surface area contributed by atoms with Crippen LogP contribution in [0.2, 0.25) is 0 Å². The van der Waals surface area contributed by atoms with E-state index in [1.165, 1.54) is 30.6 Å². The van der Waals surface area contributed by atoms with Crippen LogP contribution in [-0.4, -0.2) is 22.1 Å². The Morgan fingerprint density at radius 2 is 2.42 bits per heavy atom. The summed E-state index contributed by atoms with van der Waals surface area (Å²) in [7, 11) is 0. The number of nitrogens with one attached hydrogen (secondary N) is 1. The number of aromatic nitrogens is 2. The highest BCUT2D eigenvalue weighted by atomic mass is 32.1. The molecule has 102 valence electrons. The SMILES string of the molecule is Cc1csc2c(=O)n(CCC3CCCCN3)cnc12. The van der Waals surface area contributed by atoms with Gasteiger partial charge >= 0.3 is 0 Å². The second-order valence-electron chi connectivity index (χ2n) is 5.28. The predicted octanol–water partition coefficient (Wildman–Crippen LogP) is 2.30. The average molecular weight is 277 g/mol. The lowest BCUT2D eigenvalue weighted by molar-refractivity contribution is 0.365. The van der Waals surface area contributed by atoms with Crippen LogP contribution in [0.3, 0.4) is 0 Å². The van der Waals surface area contributed by atoms with Crippen LogP contribution in [0.25, 0.3) is 10.2 Å². The van der Waals surface area contributed by atoms with Crippen molar-refractivity contribution < 1.29 is 0 Å². The highest BCUT2D eigenvalue weighted by molar-refractivity contribution is 7.17. The molecule has 4 nitrogen and oxygen atoms in total. The van der Waals surface area contributed by atoms with Crippen molar-refractivity contribution >= 4 is 21.6 Å². The van der Waals surface area contributed by atoms with Crippen molar-refractivity contribution in [2.45, 2.75) is 45.2 Å². The van der Waals surface area contributed by atoms with E-state index in [-0.39, 0.29) is 5.56 Å². The van der Waals surface area contributed by atoms with E-state index in [4.69, 9.17) is 0 Å². The van der Waals surface area contributed by atoms with Gasteiger partial charge in [-0.25, -0.2) is 4.98 Å². The van der Waals surface area contributed by atoms with Gasteiger partial charge in [0.1, 0.15) is 4.70 Å². The summed E-state index contributed by atoms with van der Waals surface area (Å²) in [5.74, 6) is 0. The van der Waals surface area contributed by atoms with E-state index in [0.717, 1.165) is 35.3 Å². The summed E-state index contributed by atoms with van der Waals surface area (Å²) in [6.45, 7) is 3.87. The molecule has 1 aliphatic rings. The van der Waals surface area contributed by atoms with Crippen LogP contribution in [0.4, 0.5) is 0 Å². The summed E-state index contributed by atoms with van der Waals surface area (Å²) >= 11 is 1.50. The lowest BCUT2D eigenvalue weighted by Crippen LogP contribution is -2.35. The molecule has 1 N–H and O–H groups in total. The summed E-state index contributed by atoms with van der Waals surface area (Å²) in [5, 5.41) is 5.52. The van der Waals surface area contributed by atoms with Crippen molar-refractivity contribution in [1.29, 1.82) is 0 Å². The molecule has 0 bridgehead atoms. The second kappa shape index (κ2) is 5.43. The third-order valence-corrected chi connectivity index (χ3v) is 4.93. The van der Waals surface area contributed by atoms with E-state index < -0.39 is 0 Å². The van der Waals surface area contributed by atoms with Gasteiger partial charge in [0.15, 0.2) is 0 Å². The van der Waals surface area contributed by atoms with Gasteiger partial charge in [-0.1, -0.05) is 6.42 Å². The summed E-state index contributed by atoms with van der Waals surface area (Å²) < 4.78 is 2.55. The lowest BCUT2D eigenvalue weighted by Gasteiger charge is -2.23. The molecule has 0 saturated carbocycles. The minimum absolute atomic E-state index is 0.110. The Morgan fingerprint density at radius 3 is 3.21 bits per heavy atom. The highest BCUT2D eigenvalue weighted by Crippen LogP contribution is 2.19. The summed E-state index contributed by atoms with van der Waals surface area (Å²) in [5.41, 5.74) is 2.07. The maximum absolute atomic E-state index is 12.3. The van der Waals surface area contributed by atoms with Gasteiger partial charge in [0.25, 0.3) is 5.56 Å². The Hall–Kier alpha value is -1.20. The highest BCUT2D eigenvalue weighted by Gasteiger charge is 2.13. The molecule has 1 fully saturated rings. The van der Waals surface area contributed by atoms with E-state index in [0.29, 0.717) is 6.04 Å². The van der Waals surface area contributed by atoms with Gasteiger partial charge < -0.3 is 5.32 Å². The van der Waals surface area contributed by atoms with Gasteiger partial charge in [-0.2, -0.15) is 0 Å². The molecule has 5 heteroatoms. The Labute approximate surface area is 116 Å². The van der Waals surface area contributed by atoms with Gasteiger partial charge in [-0.3, -0.25) is 9.36 Å². The third-order valence-electron chi connectivity index (χ3n) is 3.85. The fourth-order valence-corrected chi connectivity index (χ4v) is 3.63. The van der Waals surface area contributed by atoms with Gasteiger partial charge in [0.05, 0.1) is 11.8 Å². The van der Waals surface area contributed by atoms with E-state index in [1.54, 1.807) is 10.9 Å². The quantitative estimate of drug-likeness (QED) is 0.936. The molecule has 2 aromatic heterocycles. The molecular weight excluding hydrogens is 258 g/mol. The summed E-state index contributed by atoms with van der Waals surface area (Å²) in [4.78, 5) is 16.7. The molecule has 2 aromatic rings. The number of thiophene rings is 1. The fourth-order valence-electron chi connectivity index (χ4n) is 2.69. The molecule has 0 amide bonds. The summed E-state index contributed by atoms with van der Waals surface area (Å²) in [6, 6.07) is 0.557. The number of nitrogens with zero attached hydrogens (tertiary/aromatic N) is 2. The number of hydrogen-bond acceptors (Lipinski definition) is 4. The topological polar surface area (TPSA) is 46.9 Å². The van der Waals surface area contributed by atoms with Crippen LogP contribution < -0.4 is 10.9 Å². The molecule has 3 rings (SSSR count). The first kappa shape index (κ1) is 12.8. The Morgan fingerprint density at radius 1 is 1.53 bits per heavy atom. The largest absolute Gasteiger partial charge is 0.314 e. The van der Waals surface area contributed by atoms with Crippen LogP contribution in [0.15, 0.2) is 16.5 Å².